The van der Waals surface area contributed by atoms with Gasteiger partial charge in [-0.3, -0.25) is 4.90 Å². The third-order valence-electron chi connectivity index (χ3n) is 3.31. The van der Waals surface area contributed by atoms with E-state index in [9.17, 15) is 5.26 Å². The Kier molecular flexibility index (Phi) is 4.00. The summed E-state index contributed by atoms with van der Waals surface area (Å²) in [5.41, 5.74) is 1.07. The second-order valence-electron chi connectivity index (χ2n) is 4.40. The van der Waals surface area contributed by atoms with Gasteiger partial charge in [-0.15, -0.1) is 0 Å². The SMILES string of the molecule is COc1ccc([C@@H](C#N)N2CCCCC2)cc1. The second kappa shape index (κ2) is 5.70. The first-order valence-corrected chi connectivity index (χ1v) is 6.13. The molecule has 0 aliphatic carbocycles. The van der Waals surface area contributed by atoms with Gasteiger partial charge < -0.3 is 4.74 Å². The number of methoxy groups -OCH3 is 1. The van der Waals surface area contributed by atoms with E-state index in [4.69, 9.17) is 4.74 Å². The fourth-order valence-corrected chi connectivity index (χ4v) is 2.33. The highest BCUT2D eigenvalue weighted by Gasteiger charge is 2.21. The van der Waals surface area contributed by atoms with Crippen LogP contribution in [0.4, 0.5) is 0 Å². The number of nitriles is 1. The van der Waals surface area contributed by atoms with Crippen LogP contribution >= 0.6 is 0 Å². The summed E-state index contributed by atoms with van der Waals surface area (Å²) >= 11 is 0. The quantitative estimate of drug-likeness (QED) is 0.801. The molecule has 1 saturated heterocycles. The van der Waals surface area contributed by atoms with Crippen molar-refractivity contribution in [2.75, 3.05) is 20.2 Å². The summed E-state index contributed by atoms with van der Waals surface area (Å²) in [5, 5.41) is 9.34. The molecule has 1 fully saturated rings. The smallest absolute Gasteiger partial charge is 0.123 e. The average molecular weight is 230 g/mol. The molecule has 1 aromatic rings. The van der Waals surface area contributed by atoms with Gasteiger partial charge >= 0.3 is 0 Å². The summed E-state index contributed by atoms with van der Waals surface area (Å²) in [4.78, 5) is 2.27. The second-order valence-corrected chi connectivity index (χ2v) is 4.40. The Morgan fingerprint density at radius 3 is 2.35 bits per heavy atom. The number of ether oxygens (including phenoxy) is 1. The van der Waals surface area contributed by atoms with E-state index in [-0.39, 0.29) is 6.04 Å². The highest BCUT2D eigenvalue weighted by atomic mass is 16.5. The first-order valence-electron chi connectivity index (χ1n) is 6.13. The molecule has 0 saturated carbocycles. The van der Waals surface area contributed by atoms with Crippen molar-refractivity contribution in [2.24, 2.45) is 0 Å². The molecule has 1 aliphatic heterocycles. The van der Waals surface area contributed by atoms with Crippen LogP contribution < -0.4 is 4.74 Å². The van der Waals surface area contributed by atoms with Gasteiger partial charge in [0.05, 0.1) is 13.2 Å². The van der Waals surface area contributed by atoms with Crippen LogP contribution in [-0.2, 0) is 0 Å². The van der Waals surface area contributed by atoms with Crippen molar-refractivity contribution >= 4 is 0 Å². The monoisotopic (exact) mass is 230 g/mol. The van der Waals surface area contributed by atoms with Gasteiger partial charge in [-0.2, -0.15) is 5.26 Å². The van der Waals surface area contributed by atoms with Crippen LogP contribution in [0, 0.1) is 11.3 Å². The zero-order valence-corrected chi connectivity index (χ0v) is 10.2. The van der Waals surface area contributed by atoms with Gasteiger partial charge in [0, 0.05) is 0 Å². The van der Waals surface area contributed by atoms with E-state index in [1.54, 1.807) is 7.11 Å². The first kappa shape index (κ1) is 11.9. The normalized spacial score (nSPS) is 18.4. The highest BCUT2D eigenvalue weighted by molar-refractivity contribution is 5.31. The van der Waals surface area contributed by atoms with Crippen LogP contribution in [-0.4, -0.2) is 25.1 Å². The molecule has 1 atom stereocenters. The summed E-state index contributed by atoms with van der Waals surface area (Å²) in [5.74, 6) is 0.837. The Hall–Kier alpha value is -1.53. The van der Waals surface area contributed by atoms with E-state index in [1.807, 2.05) is 24.3 Å². The lowest BCUT2D eigenvalue weighted by Gasteiger charge is -2.30. The van der Waals surface area contributed by atoms with E-state index in [0.29, 0.717) is 0 Å². The van der Waals surface area contributed by atoms with Crippen molar-refractivity contribution in [2.45, 2.75) is 25.3 Å². The topological polar surface area (TPSA) is 36.3 Å². The van der Waals surface area contributed by atoms with Crippen LogP contribution in [0.2, 0.25) is 0 Å². The van der Waals surface area contributed by atoms with E-state index in [1.165, 1.54) is 19.3 Å². The molecular weight excluding hydrogens is 212 g/mol. The third-order valence-corrected chi connectivity index (χ3v) is 3.31. The summed E-state index contributed by atoms with van der Waals surface area (Å²) in [6, 6.07) is 10.1. The van der Waals surface area contributed by atoms with E-state index >= 15 is 0 Å². The molecule has 0 N–H and O–H groups in total. The Morgan fingerprint density at radius 2 is 1.82 bits per heavy atom. The minimum atomic E-state index is -0.110. The lowest BCUT2D eigenvalue weighted by molar-refractivity contribution is 0.196. The maximum atomic E-state index is 9.34. The van der Waals surface area contributed by atoms with Crippen LogP contribution in [0.3, 0.4) is 0 Å². The molecule has 2 rings (SSSR count). The zero-order chi connectivity index (χ0) is 12.1. The molecule has 1 heterocycles. The molecule has 17 heavy (non-hydrogen) atoms. The third kappa shape index (κ3) is 2.78. The van der Waals surface area contributed by atoms with Crippen molar-refractivity contribution in [1.82, 2.24) is 4.90 Å². The predicted molar refractivity (Wildman–Crippen MR) is 66.8 cm³/mol. The number of likely N-dealkylation sites (tertiary alicyclic amines) is 1. The van der Waals surface area contributed by atoms with E-state index in [2.05, 4.69) is 11.0 Å². The van der Waals surface area contributed by atoms with Gasteiger partial charge in [0.2, 0.25) is 0 Å². The molecule has 0 spiro atoms. The molecule has 1 aromatic carbocycles. The maximum Gasteiger partial charge on any atom is 0.123 e. The summed E-state index contributed by atoms with van der Waals surface area (Å²) < 4.78 is 5.13. The number of piperidine rings is 1. The van der Waals surface area contributed by atoms with Gasteiger partial charge in [-0.05, 0) is 43.6 Å². The van der Waals surface area contributed by atoms with E-state index in [0.717, 1.165) is 24.4 Å². The fourth-order valence-electron chi connectivity index (χ4n) is 2.33. The molecule has 0 bridgehead atoms. The molecule has 0 amide bonds. The summed E-state index contributed by atoms with van der Waals surface area (Å²) in [6.07, 6.45) is 3.69. The number of hydrogen-bond acceptors (Lipinski definition) is 3. The van der Waals surface area contributed by atoms with E-state index < -0.39 is 0 Å². The van der Waals surface area contributed by atoms with Gasteiger partial charge in [0.1, 0.15) is 11.8 Å². The number of nitrogens with zero attached hydrogens (tertiary/aromatic N) is 2. The van der Waals surface area contributed by atoms with Gasteiger partial charge in [0.15, 0.2) is 0 Å². The standard InChI is InChI=1S/C14H18N2O/c1-17-13-7-5-12(6-8-13)14(11-15)16-9-3-2-4-10-16/h5-8,14H,2-4,9-10H2,1H3/t14-/m1/s1. The minimum absolute atomic E-state index is 0.110. The van der Waals surface area contributed by atoms with Crippen molar-refractivity contribution in [3.8, 4) is 11.8 Å². The molecule has 90 valence electrons. The summed E-state index contributed by atoms with van der Waals surface area (Å²) in [7, 11) is 1.65. The van der Waals surface area contributed by atoms with Crippen molar-refractivity contribution in [1.29, 1.82) is 5.26 Å². The van der Waals surface area contributed by atoms with Crippen molar-refractivity contribution < 1.29 is 4.74 Å². The molecule has 3 nitrogen and oxygen atoms in total. The zero-order valence-electron chi connectivity index (χ0n) is 10.2. The lowest BCUT2D eigenvalue weighted by Crippen LogP contribution is -2.33. The van der Waals surface area contributed by atoms with Crippen LogP contribution in [0.5, 0.6) is 5.75 Å². The van der Waals surface area contributed by atoms with Gasteiger partial charge in [-0.1, -0.05) is 18.6 Å². The predicted octanol–water partition coefficient (Wildman–Crippen LogP) is 2.75. The minimum Gasteiger partial charge on any atom is -0.497 e. The summed E-state index contributed by atoms with van der Waals surface area (Å²) in [6.45, 7) is 2.06. The van der Waals surface area contributed by atoms with Gasteiger partial charge in [0.25, 0.3) is 0 Å². The molecular formula is C14H18N2O. The van der Waals surface area contributed by atoms with Gasteiger partial charge in [-0.25, -0.2) is 0 Å². The number of benzene rings is 1. The van der Waals surface area contributed by atoms with Crippen molar-refractivity contribution in [3.05, 3.63) is 29.8 Å². The average Bonchev–Trinajstić information content (AvgIpc) is 2.42. The Balaban J connectivity index is 2.13. The Bertz CT molecular complexity index is 388. The Labute approximate surface area is 103 Å². The lowest BCUT2D eigenvalue weighted by atomic mass is 10.0. The largest absolute Gasteiger partial charge is 0.497 e. The van der Waals surface area contributed by atoms with Crippen LogP contribution in [0.1, 0.15) is 30.9 Å². The Morgan fingerprint density at radius 1 is 1.18 bits per heavy atom. The highest BCUT2D eigenvalue weighted by Crippen LogP contribution is 2.25. The number of hydrogen-bond donors (Lipinski definition) is 0. The van der Waals surface area contributed by atoms with Crippen LogP contribution in [0.25, 0.3) is 0 Å². The molecule has 3 heteroatoms. The first-order chi connectivity index (χ1) is 8.35. The van der Waals surface area contributed by atoms with Crippen LogP contribution in [0.15, 0.2) is 24.3 Å². The molecule has 0 unspecified atom stereocenters. The maximum absolute atomic E-state index is 9.34. The molecule has 0 radical (unpaired) electrons. The number of rotatable bonds is 3. The fraction of sp³-hybridized carbons (Fsp3) is 0.500. The molecule has 0 aromatic heterocycles. The van der Waals surface area contributed by atoms with Crippen molar-refractivity contribution in [3.63, 3.8) is 0 Å². The molecule has 1 aliphatic rings.